The highest BCUT2D eigenvalue weighted by molar-refractivity contribution is 5.80. The average Bonchev–Trinajstić information content (AvgIpc) is 2.83. The standard InChI is InChI=1S/C18H21N3O2/c1-12-7-13(2)21(19-12)16-9-20(10-16)18(22)15-8-14-5-3-4-6-17(14)23-11-15/h3-7,15-16H,8-11H2,1-2H3/t15-/m1/s1. The first kappa shape index (κ1) is 14.3. The molecule has 0 N–H and O–H groups in total. The molecule has 120 valence electrons. The van der Waals surface area contributed by atoms with Crippen LogP contribution in [0.15, 0.2) is 30.3 Å². The van der Waals surface area contributed by atoms with Crippen molar-refractivity contribution < 1.29 is 9.53 Å². The second-order valence-electron chi connectivity index (χ2n) is 6.59. The number of carbonyl (C=O) groups excluding carboxylic acids is 1. The van der Waals surface area contributed by atoms with Gasteiger partial charge in [0.1, 0.15) is 12.4 Å². The zero-order valence-corrected chi connectivity index (χ0v) is 13.5. The minimum absolute atomic E-state index is 0.0636. The van der Waals surface area contributed by atoms with Crippen LogP contribution in [0.25, 0.3) is 0 Å². The lowest BCUT2D eigenvalue weighted by Crippen LogP contribution is -2.54. The number of benzene rings is 1. The van der Waals surface area contributed by atoms with Crippen molar-refractivity contribution in [2.24, 2.45) is 5.92 Å². The third-order valence-electron chi connectivity index (χ3n) is 4.79. The number of aromatic nitrogens is 2. The highest BCUT2D eigenvalue weighted by atomic mass is 16.5. The van der Waals surface area contributed by atoms with Crippen molar-refractivity contribution in [2.75, 3.05) is 19.7 Å². The quantitative estimate of drug-likeness (QED) is 0.853. The topological polar surface area (TPSA) is 47.4 Å². The summed E-state index contributed by atoms with van der Waals surface area (Å²) >= 11 is 0. The molecule has 0 radical (unpaired) electrons. The van der Waals surface area contributed by atoms with Crippen molar-refractivity contribution in [1.82, 2.24) is 14.7 Å². The number of aryl methyl sites for hydroxylation is 2. The van der Waals surface area contributed by atoms with Crippen LogP contribution < -0.4 is 4.74 Å². The van der Waals surface area contributed by atoms with E-state index in [1.54, 1.807) is 0 Å². The Bertz CT molecular complexity index is 746. The van der Waals surface area contributed by atoms with Crippen LogP contribution in [0.4, 0.5) is 0 Å². The largest absolute Gasteiger partial charge is 0.492 e. The van der Waals surface area contributed by atoms with E-state index in [0.717, 1.165) is 42.2 Å². The maximum Gasteiger partial charge on any atom is 0.229 e. The molecular weight excluding hydrogens is 290 g/mol. The van der Waals surface area contributed by atoms with Gasteiger partial charge >= 0.3 is 0 Å². The van der Waals surface area contributed by atoms with Crippen LogP contribution in [0.3, 0.4) is 0 Å². The predicted molar refractivity (Wildman–Crippen MR) is 86.4 cm³/mol. The second-order valence-corrected chi connectivity index (χ2v) is 6.59. The first-order valence-electron chi connectivity index (χ1n) is 8.14. The number of hydrogen-bond acceptors (Lipinski definition) is 3. The summed E-state index contributed by atoms with van der Waals surface area (Å²) < 4.78 is 7.79. The molecule has 1 aromatic heterocycles. The molecule has 0 spiro atoms. The molecule has 3 heterocycles. The van der Waals surface area contributed by atoms with Gasteiger partial charge in [0.15, 0.2) is 0 Å². The van der Waals surface area contributed by atoms with E-state index in [-0.39, 0.29) is 11.8 Å². The first-order chi connectivity index (χ1) is 11.1. The van der Waals surface area contributed by atoms with Crippen molar-refractivity contribution in [1.29, 1.82) is 0 Å². The molecule has 5 heteroatoms. The van der Waals surface area contributed by atoms with Gasteiger partial charge in [-0.15, -0.1) is 0 Å². The maximum absolute atomic E-state index is 12.7. The summed E-state index contributed by atoms with van der Waals surface area (Å²) in [5.41, 5.74) is 3.33. The molecule has 2 aliphatic heterocycles. The number of likely N-dealkylation sites (tertiary alicyclic amines) is 1. The summed E-state index contributed by atoms with van der Waals surface area (Å²) in [5, 5.41) is 4.52. The van der Waals surface area contributed by atoms with Crippen LogP contribution in [0, 0.1) is 19.8 Å². The van der Waals surface area contributed by atoms with Gasteiger partial charge in [0.05, 0.1) is 17.7 Å². The molecule has 1 atom stereocenters. The zero-order valence-electron chi connectivity index (χ0n) is 13.5. The van der Waals surface area contributed by atoms with E-state index < -0.39 is 0 Å². The fourth-order valence-corrected chi connectivity index (χ4v) is 3.55. The lowest BCUT2D eigenvalue weighted by atomic mass is 9.94. The summed E-state index contributed by atoms with van der Waals surface area (Å²) in [4.78, 5) is 14.6. The van der Waals surface area contributed by atoms with Gasteiger partial charge in [-0.3, -0.25) is 9.48 Å². The molecule has 0 bridgehead atoms. The van der Waals surface area contributed by atoms with Gasteiger partial charge in [0, 0.05) is 18.8 Å². The molecule has 0 saturated carbocycles. The number of rotatable bonds is 2. The smallest absolute Gasteiger partial charge is 0.229 e. The summed E-state index contributed by atoms with van der Waals surface area (Å²) in [6, 6.07) is 10.4. The normalized spacial score (nSPS) is 20.6. The van der Waals surface area contributed by atoms with E-state index in [2.05, 4.69) is 18.1 Å². The Morgan fingerprint density at radius 3 is 2.78 bits per heavy atom. The SMILES string of the molecule is Cc1cc(C)n(C2CN(C(=O)[C@H]3COc4ccccc4C3)C2)n1. The molecule has 2 aliphatic rings. The van der Waals surface area contributed by atoms with Gasteiger partial charge in [-0.1, -0.05) is 18.2 Å². The highest BCUT2D eigenvalue weighted by Crippen LogP contribution is 2.30. The molecule has 1 aromatic carbocycles. The van der Waals surface area contributed by atoms with Crippen molar-refractivity contribution in [3.05, 3.63) is 47.3 Å². The van der Waals surface area contributed by atoms with E-state index in [9.17, 15) is 4.79 Å². The molecule has 2 aromatic rings. The third-order valence-corrected chi connectivity index (χ3v) is 4.79. The number of fused-ring (bicyclic) bond motifs is 1. The summed E-state index contributed by atoms with van der Waals surface area (Å²) in [7, 11) is 0. The Morgan fingerprint density at radius 2 is 2.04 bits per heavy atom. The van der Waals surface area contributed by atoms with Crippen LogP contribution in [0.5, 0.6) is 5.75 Å². The Balaban J connectivity index is 1.39. The number of para-hydroxylation sites is 1. The average molecular weight is 311 g/mol. The minimum atomic E-state index is -0.0636. The van der Waals surface area contributed by atoms with E-state index in [0.29, 0.717) is 12.6 Å². The predicted octanol–water partition coefficient (Wildman–Crippen LogP) is 2.13. The van der Waals surface area contributed by atoms with Crippen LogP contribution in [0.2, 0.25) is 0 Å². The molecular formula is C18H21N3O2. The lowest BCUT2D eigenvalue weighted by molar-refractivity contribution is -0.143. The Morgan fingerprint density at radius 1 is 1.26 bits per heavy atom. The van der Waals surface area contributed by atoms with Gasteiger partial charge < -0.3 is 9.64 Å². The van der Waals surface area contributed by atoms with E-state index in [4.69, 9.17) is 4.74 Å². The van der Waals surface area contributed by atoms with Crippen LogP contribution in [0.1, 0.15) is 23.0 Å². The van der Waals surface area contributed by atoms with Crippen LogP contribution in [-0.4, -0.2) is 40.3 Å². The Kier molecular flexibility index (Phi) is 3.36. The molecule has 23 heavy (non-hydrogen) atoms. The third kappa shape index (κ3) is 2.50. The summed E-state index contributed by atoms with van der Waals surface area (Å²) in [5.74, 6) is 1.06. The molecule has 1 fully saturated rings. The molecule has 4 rings (SSSR count). The monoisotopic (exact) mass is 311 g/mol. The van der Waals surface area contributed by atoms with Gasteiger partial charge in [0.2, 0.25) is 5.91 Å². The Labute approximate surface area is 135 Å². The Hall–Kier alpha value is -2.30. The van der Waals surface area contributed by atoms with Crippen LogP contribution >= 0.6 is 0 Å². The zero-order chi connectivity index (χ0) is 16.0. The molecule has 1 saturated heterocycles. The fraction of sp³-hybridized carbons (Fsp3) is 0.444. The number of amides is 1. The van der Waals surface area contributed by atoms with Crippen molar-refractivity contribution in [3.8, 4) is 5.75 Å². The second kappa shape index (κ2) is 5.41. The minimum Gasteiger partial charge on any atom is -0.492 e. The van der Waals surface area contributed by atoms with Gasteiger partial charge in [-0.25, -0.2) is 0 Å². The first-order valence-corrected chi connectivity index (χ1v) is 8.14. The van der Waals surface area contributed by atoms with Crippen molar-refractivity contribution in [2.45, 2.75) is 26.3 Å². The molecule has 0 aliphatic carbocycles. The summed E-state index contributed by atoms with van der Waals surface area (Å²) in [6.45, 7) is 6.05. The lowest BCUT2D eigenvalue weighted by Gasteiger charge is -2.42. The van der Waals surface area contributed by atoms with Crippen molar-refractivity contribution >= 4 is 5.91 Å². The van der Waals surface area contributed by atoms with Gasteiger partial charge in [0.25, 0.3) is 0 Å². The molecule has 0 unspecified atom stereocenters. The van der Waals surface area contributed by atoms with E-state index in [1.165, 1.54) is 0 Å². The molecule has 5 nitrogen and oxygen atoms in total. The van der Waals surface area contributed by atoms with Gasteiger partial charge in [-0.05, 0) is 38.0 Å². The van der Waals surface area contributed by atoms with E-state index >= 15 is 0 Å². The number of nitrogens with zero attached hydrogens (tertiary/aromatic N) is 3. The van der Waals surface area contributed by atoms with Crippen LogP contribution in [-0.2, 0) is 11.2 Å². The highest BCUT2D eigenvalue weighted by Gasteiger charge is 2.37. The maximum atomic E-state index is 12.7. The van der Waals surface area contributed by atoms with Gasteiger partial charge in [-0.2, -0.15) is 5.10 Å². The van der Waals surface area contributed by atoms with Crippen molar-refractivity contribution in [3.63, 3.8) is 0 Å². The fourth-order valence-electron chi connectivity index (χ4n) is 3.55. The number of hydrogen-bond donors (Lipinski definition) is 0. The molecule has 1 amide bonds. The number of ether oxygens (including phenoxy) is 1. The van der Waals surface area contributed by atoms with E-state index in [1.807, 2.05) is 40.8 Å². The number of carbonyl (C=O) groups is 1. The summed E-state index contributed by atoms with van der Waals surface area (Å²) in [6.07, 6.45) is 0.774.